The zero-order valence-electron chi connectivity index (χ0n) is 18.2. The van der Waals surface area contributed by atoms with Gasteiger partial charge >= 0.3 is 6.03 Å². The Bertz CT molecular complexity index is 1280. The molecule has 1 aliphatic carbocycles. The van der Waals surface area contributed by atoms with E-state index in [1.165, 1.54) is 11.8 Å². The van der Waals surface area contributed by atoms with E-state index in [1.54, 1.807) is 12.1 Å². The van der Waals surface area contributed by atoms with E-state index in [-0.39, 0.29) is 12.5 Å². The standard InChI is InChI=1S/C26H22ClN3O3S/c27-18-12-13-22(34-19-9-2-1-3-10-19)21(15-18)28-23(31)16-30-24(32)26(29-25(30)33)14-6-8-17-7-4-5-11-20(17)26/h1-5,7,9-13,15H,6,8,14,16H2,(H,28,31)(H,29,33). The molecule has 0 saturated carbocycles. The van der Waals surface area contributed by atoms with Gasteiger partial charge in [-0.05, 0) is 60.7 Å². The van der Waals surface area contributed by atoms with Crippen LogP contribution in [0.2, 0.25) is 5.02 Å². The molecular formula is C26H22ClN3O3S. The normalized spacial score (nSPS) is 19.1. The van der Waals surface area contributed by atoms with E-state index in [1.807, 2.05) is 60.7 Å². The van der Waals surface area contributed by atoms with E-state index in [2.05, 4.69) is 10.6 Å². The number of carbonyl (C=O) groups excluding carboxylic acids is 3. The number of nitrogens with zero attached hydrogens (tertiary/aromatic N) is 1. The van der Waals surface area contributed by atoms with Crippen LogP contribution in [0.1, 0.15) is 24.0 Å². The smallest absolute Gasteiger partial charge is 0.323 e. The Hall–Kier alpha value is -3.29. The molecule has 2 aliphatic rings. The lowest BCUT2D eigenvalue weighted by Crippen LogP contribution is -2.47. The molecule has 0 aromatic heterocycles. The molecule has 6 nitrogen and oxygen atoms in total. The average molecular weight is 492 g/mol. The lowest BCUT2D eigenvalue weighted by molar-refractivity contribution is -0.134. The monoisotopic (exact) mass is 491 g/mol. The van der Waals surface area contributed by atoms with Crippen LogP contribution in [0.25, 0.3) is 0 Å². The molecule has 1 fully saturated rings. The number of aryl methyl sites for hydroxylation is 1. The highest BCUT2D eigenvalue weighted by Gasteiger charge is 2.54. The highest BCUT2D eigenvalue weighted by molar-refractivity contribution is 7.99. The fourth-order valence-corrected chi connectivity index (χ4v) is 5.67. The number of carbonyl (C=O) groups is 3. The molecule has 1 saturated heterocycles. The number of hydrogen-bond donors (Lipinski definition) is 2. The first-order chi connectivity index (χ1) is 16.5. The first-order valence-electron chi connectivity index (χ1n) is 11.0. The van der Waals surface area contributed by atoms with E-state index in [4.69, 9.17) is 11.6 Å². The Morgan fingerprint density at radius 2 is 1.82 bits per heavy atom. The van der Waals surface area contributed by atoms with Crippen LogP contribution in [0.5, 0.6) is 0 Å². The molecule has 5 rings (SSSR count). The number of fused-ring (bicyclic) bond motifs is 2. The second-order valence-electron chi connectivity index (χ2n) is 8.34. The summed E-state index contributed by atoms with van der Waals surface area (Å²) in [5.74, 6) is -0.855. The third-order valence-corrected chi connectivity index (χ3v) is 7.46. The van der Waals surface area contributed by atoms with Gasteiger partial charge in [-0.3, -0.25) is 14.5 Å². The summed E-state index contributed by atoms with van der Waals surface area (Å²) in [7, 11) is 0. The molecule has 1 atom stereocenters. The molecule has 0 bridgehead atoms. The minimum atomic E-state index is -1.10. The summed E-state index contributed by atoms with van der Waals surface area (Å²) in [5.41, 5.74) is 1.29. The summed E-state index contributed by atoms with van der Waals surface area (Å²) >= 11 is 7.66. The minimum Gasteiger partial charge on any atom is -0.323 e. The van der Waals surface area contributed by atoms with Crippen molar-refractivity contribution < 1.29 is 14.4 Å². The van der Waals surface area contributed by atoms with Crippen molar-refractivity contribution >= 4 is 46.9 Å². The maximum Gasteiger partial charge on any atom is 0.325 e. The maximum atomic E-state index is 13.4. The quantitative estimate of drug-likeness (QED) is 0.480. The predicted molar refractivity (Wildman–Crippen MR) is 132 cm³/mol. The first kappa shape index (κ1) is 22.5. The summed E-state index contributed by atoms with van der Waals surface area (Å²) < 4.78 is 0. The lowest BCUT2D eigenvalue weighted by atomic mass is 9.76. The average Bonchev–Trinajstić information content (AvgIpc) is 3.06. The van der Waals surface area contributed by atoms with Crippen LogP contribution in [0.3, 0.4) is 0 Å². The Balaban J connectivity index is 1.35. The van der Waals surface area contributed by atoms with Gasteiger partial charge in [0.15, 0.2) is 0 Å². The van der Waals surface area contributed by atoms with E-state index in [9.17, 15) is 14.4 Å². The molecule has 3 aromatic carbocycles. The summed E-state index contributed by atoms with van der Waals surface area (Å²) in [6.45, 7) is -0.378. The predicted octanol–water partition coefficient (Wildman–Crippen LogP) is 5.21. The third-order valence-electron chi connectivity index (χ3n) is 6.14. The number of imide groups is 1. The minimum absolute atomic E-state index is 0.378. The van der Waals surface area contributed by atoms with Crippen LogP contribution in [0.4, 0.5) is 10.5 Å². The molecule has 2 N–H and O–H groups in total. The number of nitrogens with one attached hydrogen (secondary N) is 2. The molecule has 1 aliphatic heterocycles. The van der Waals surface area contributed by atoms with Gasteiger partial charge in [0.2, 0.25) is 5.91 Å². The molecule has 3 aromatic rings. The van der Waals surface area contributed by atoms with Crippen LogP contribution < -0.4 is 10.6 Å². The van der Waals surface area contributed by atoms with Gasteiger partial charge in [-0.25, -0.2) is 4.79 Å². The van der Waals surface area contributed by atoms with Crippen LogP contribution in [0.15, 0.2) is 82.6 Å². The van der Waals surface area contributed by atoms with Crippen LogP contribution >= 0.6 is 23.4 Å². The summed E-state index contributed by atoms with van der Waals surface area (Å²) in [5, 5.41) is 6.18. The van der Waals surface area contributed by atoms with Crippen molar-refractivity contribution in [2.45, 2.75) is 34.6 Å². The lowest BCUT2D eigenvalue weighted by Gasteiger charge is -2.33. The van der Waals surface area contributed by atoms with E-state index in [0.717, 1.165) is 38.7 Å². The van der Waals surface area contributed by atoms with Gasteiger partial charge in [-0.2, -0.15) is 0 Å². The highest BCUT2D eigenvalue weighted by Crippen LogP contribution is 2.40. The summed E-state index contributed by atoms with van der Waals surface area (Å²) in [6, 6.07) is 22.1. The molecule has 34 heavy (non-hydrogen) atoms. The number of amides is 4. The molecule has 8 heteroatoms. The zero-order valence-corrected chi connectivity index (χ0v) is 19.8. The number of anilines is 1. The van der Waals surface area contributed by atoms with Crippen molar-refractivity contribution in [2.75, 3.05) is 11.9 Å². The van der Waals surface area contributed by atoms with Crippen LogP contribution in [0, 0.1) is 0 Å². The van der Waals surface area contributed by atoms with Gasteiger partial charge < -0.3 is 10.6 Å². The highest BCUT2D eigenvalue weighted by atomic mass is 35.5. The number of hydrogen-bond acceptors (Lipinski definition) is 4. The summed E-state index contributed by atoms with van der Waals surface area (Å²) in [6.07, 6.45) is 2.16. The van der Waals surface area contributed by atoms with Crippen molar-refractivity contribution in [1.29, 1.82) is 0 Å². The Kier molecular flexibility index (Phi) is 6.06. The molecule has 0 radical (unpaired) electrons. The van der Waals surface area contributed by atoms with E-state index < -0.39 is 17.5 Å². The van der Waals surface area contributed by atoms with Crippen LogP contribution in [-0.2, 0) is 21.5 Å². The van der Waals surface area contributed by atoms with E-state index >= 15 is 0 Å². The molecule has 172 valence electrons. The maximum absolute atomic E-state index is 13.4. The van der Waals surface area contributed by atoms with Crippen molar-refractivity contribution in [3.63, 3.8) is 0 Å². The van der Waals surface area contributed by atoms with Crippen molar-refractivity contribution in [2.24, 2.45) is 0 Å². The molecule has 1 spiro atoms. The third kappa shape index (κ3) is 4.17. The van der Waals surface area contributed by atoms with Gasteiger partial charge in [-0.1, -0.05) is 65.8 Å². The van der Waals surface area contributed by atoms with Crippen molar-refractivity contribution in [3.05, 3.63) is 88.9 Å². The van der Waals surface area contributed by atoms with Gasteiger partial charge in [0.05, 0.1) is 5.69 Å². The van der Waals surface area contributed by atoms with Gasteiger partial charge in [0.1, 0.15) is 12.1 Å². The fourth-order valence-electron chi connectivity index (χ4n) is 4.59. The molecule has 1 heterocycles. The first-order valence-corrected chi connectivity index (χ1v) is 12.2. The number of urea groups is 1. The van der Waals surface area contributed by atoms with Gasteiger partial charge in [0, 0.05) is 14.8 Å². The van der Waals surface area contributed by atoms with Gasteiger partial charge in [0.25, 0.3) is 5.91 Å². The molecule has 1 unspecified atom stereocenters. The summed E-state index contributed by atoms with van der Waals surface area (Å²) in [4.78, 5) is 42.0. The second kappa shape index (κ2) is 9.16. The van der Waals surface area contributed by atoms with Crippen molar-refractivity contribution in [3.8, 4) is 0 Å². The topological polar surface area (TPSA) is 78.5 Å². The SMILES string of the molecule is O=C(CN1C(=O)NC2(CCCc3ccccc32)C1=O)Nc1cc(Cl)ccc1Sc1ccccc1. The second-order valence-corrected chi connectivity index (χ2v) is 9.89. The fraction of sp³-hybridized carbons (Fsp3) is 0.192. The van der Waals surface area contributed by atoms with Crippen LogP contribution in [-0.4, -0.2) is 29.3 Å². The number of rotatable bonds is 5. The number of benzene rings is 3. The molecule has 4 amide bonds. The van der Waals surface area contributed by atoms with Gasteiger partial charge in [-0.15, -0.1) is 0 Å². The largest absolute Gasteiger partial charge is 0.325 e. The zero-order chi connectivity index (χ0) is 23.7. The number of halogens is 1. The Morgan fingerprint density at radius 1 is 1.06 bits per heavy atom. The van der Waals surface area contributed by atoms with Crippen molar-refractivity contribution in [1.82, 2.24) is 10.2 Å². The Labute approximate surface area is 206 Å². The van der Waals surface area contributed by atoms with E-state index in [0.29, 0.717) is 17.1 Å². The molecular weight excluding hydrogens is 470 g/mol. The Morgan fingerprint density at radius 3 is 2.65 bits per heavy atom.